The Morgan fingerprint density at radius 1 is 1.36 bits per heavy atom. The Morgan fingerprint density at radius 3 is 2.86 bits per heavy atom. The molecule has 1 aliphatic heterocycles. The number of benzene rings is 1. The van der Waals surface area contributed by atoms with Crippen molar-refractivity contribution in [2.24, 2.45) is 5.73 Å². The molecule has 0 saturated heterocycles. The van der Waals surface area contributed by atoms with Crippen LogP contribution in [0.4, 0.5) is 4.39 Å². The van der Waals surface area contributed by atoms with E-state index in [0.717, 1.165) is 12.8 Å². The van der Waals surface area contributed by atoms with Crippen LogP contribution in [0.25, 0.3) is 0 Å². The zero-order valence-electron chi connectivity index (χ0n) is 7.85. The van der Waals surface area contributed by atoms with Gasteiger partial charge < -0.3 is 10.5 Å². The standard InChI is InChI=1S/C11H12FNO/c12-10-7-3-6-14-9(7)2-1-8(10)11(13)4-5-11/h1-2H,3-6,13H2. The molecule has 0 unspecified atom stereocenters. The van der Waals surface area contributed by atoms with Crippen molar-refractivity contribution in [1.82, 2.24) is 0 Å². The van der Waals surface area contributed by atoms with Gasteiger partial charge in [0.25, 0.3) is 0 Å². The van der Waals surface area contributed by atoms with Gasteiger partial charge in [-0.05, 0) is 18.9 Å². The van der Waals surface area contributed by atoms with Crippen molar-refractivity contribution in [2.45, 2.75) is 24.8 Å². The van der Waals surface area contributed by atoms with E-state index in [1.54, 1.807) is 6.07 Å². The summed E-state index contributed by atoms with van der Waals surface area (Å²) in [6.45, 7) is 0.591. The molecular weight excluding hydrogens is 181 g/mol. The maximum atomic E-state index is 13.9. The first-order valence-corrected chi connectivity index (χ1v) is 4.94. The minimum atomic E-state index is -0.387. The second kappa shape index (κ2) is 2.48. The first kappa shape index (κ1) is 8.24. The van der Waals surface area contributed by atoms with E-state index in [-0.39, 0.29) is 11.4 Å². The quantitative estimate of drug-likeness (QED) is 0.736. The van der Waals surface area contributed by atoms with Gasteiger partial charge in [0.1, 0.15) is 11.6 Å². The third kappa shape index (κ3) is 0.989. The van der Waals surface area contributed by atoms with Gasteiger partial charge in [-0.15, -0.1) is 0 Å². The number of hydrogen-bond acceptors (Lipinski definition) is 2. The number of halogens is 1. The number of nitrogens with two attached hydrogens (primary N) is 1. The molecule has 1 aromatic rings. The lowest BCUT2D eigenvalue weighted by atomic mass is 10.0. The maximum absolute atomic E-state index is 13.9. The maximum Gasteiger partial charge on any atom is 0.135 e. The molecule has 0 bridgehead atoms. The van der Waals surface area contributed by atoms with Crippen LogP contribution < -0.4 is 10.5 Å². The predicted octanol–water partition coefficient (Wildman–Crippen LogP) is 1.71. The van der Waals surface area contributed by atoms with Gasteiger partial charge in [0, 0.05) is 23.1 Å². The SMILES string of the molecule is NC1(c2ccc3c(c2F)CCO3)CC1. The largest absolute Gasteiger partial charge is 0.493 e. The van der Waals surface area contributed by atoms with Gasteiger partial charge in [0.15, 0.2) is 0 Å². The Hall–Kier alpha value is -1.09. The van der Waals surface area contributed by atoms with Gasteiger partial charge >= 0.3 is 0 Å². The van der Waals surface area contributed by atoms with Crippen LogP contribution in [0.1, 0.15) is 24.0 Å². The molecule has 3 rings (SSSR count). The van der Waals surface area contributed by atoms with Crippen molar-refractivity contribution in [3.05, 3.63) is 29.1 Å². The second-order valence-corrected chi connectivity index (χ2v) is 4.16. The van der Waals surface area contributed by atoms with Gasteiger partial charge in [-0.1, -0.05) is 6.07 Å². The summed E-state index contributed by atoms with van der Waals surface area (Å²) >= 11 is 0. The van der Waals surface area contributed by atoms with E-state index in [0.29, 0.717) is 29.9 Å². The molecule has 2 nitrogen and oxygen atoms in total. The van der Waals surface area contributed by atoms with E-state index in [1.165, 1.54) is 0 Å². The fourth-order valence-electron chi connectivity index (χ4n) is 2.02. The highest BCUT2D eigenvalue weighted by molar-refractivity contribution is 5.45. The fraction of sp³-hybridized carbons (Fsp3) is 0.455. The van der Waals surface area contributed by atoms with E-state index in [2.05, 4.69) is 0 Å². The van der Waals surface area contributed by atoms with E-state index in [4.69, 9.17) is 10.5 Å². The van der Waals surface area contributed by atoms with Gasteiger partial charge in [-0.2, -0.15) is 0 Å². The molecule has 0 amide bonds. The Bertz CT molecular complexity index is 399. The van der Waals surface area contributed by atoms with Crippen LogP contribution in [-0.4, -0.2) is 6.61 Å². The molecule has 0 atom stereocenters. The molecule has 3 heteroatoms. The summed E-state index contributed by atoms with van der Waals surface area (Å²) in [7, 11) is 0. The number of fused-ring (bicyclic) bond motifs is 1. The van der Waals surface area contributed by atoms with Crippen molar-refractivity contribution in [1.29, 1.82) is 0 Å². The molecular formula is C11H12FNO. The van der Waals surface area contributed by atoms with Crippen LogP contribution in [0.3, 0.4) is 0 Å². The highest BCUT2D eigenvalue weighted by Crippen LogP contribution is 2.45. The molecule has 1 aromatic carbocycles. The van der Waals surface area contributed by atoms with Crippen molar-refractivity contribution in [3.8, 4) is 5.75 Å². The number of rotatable bonds is 1. The van der Waals surface area contributed by atoms with Crippen LogP contribution in [0.2, 0.25) is 0 Å². The van der Waals surface area contributed by atoms with Crippen molar-refractivity contribution in [2.75, 3.05) is 6.61 Å². The smallest absolute Gasteiger partial charge is 0.135 e. The summed E-state index contributed by atoms with van der Waals surface area (Å²) in [5.41, 5.74) is 6.97. The lowest BCUT2D eigenvalue weighted by molar-refractivity contribution is 0.356. The third-order valence-corrected chi connectivity index (χ3v) is 3.13. The lowest BCUT2D eigenvalue weighted by Gasteiger charge is -2.12. The highest BCUT2D eigenvalue weighted by atomic mass is 19.1. The first-order chi connectivity index (χ1) is 6.71. The zero-order valence-corrected chi connectivity index (χ0v) is 7.85. The molecule has 1 heterocycles. The molecule has 2 aliphatic rings. The van der Waals surface area contributed by atoms with Crippen LogP contribution in [0.15, 0.2) is 12.1 Å². The minimum absolute atomic E-state index is 0.139. The van der Waals surface area contributed by atoms with Crippen LogP contribution in [-0.2, 0) is 12.0 Å². The topological polar surface area (TPSA) is 35.2 Å². The summed E-state index contributed by atoms with van der Waals surface area (Å²) in [5.74, 6) is 0.551. The Balaban J connectivity index is 2.15. The summed E-state index contributed by atoms with van der Waals surface area (Å²) in [6, 6.07) is 3.61. The first-order valence-electron chi connectivity index (χ1n) is 4.94. The zero-order chi connectivity index (χ0) is 9.76. The van der Waals surface area contributed by atoms with E-state index >= 15 is 0 Å². The highest BCUT2D eigenvalue weighted by Gasteiger charge is 2.43. The summed E-state index contributed by atoms with van der Waals surface area (Å²) in [6.07, 6.45) is 2.46. The van der Waals surface area contributed by atoms with Crippen molar-refractivity contribution in [3.63, 3.8) is 0 Å². The van der Waals surface area contributed by atoms with Crippen molar-refractivity contribution >= 4 is 0 Å². The molecule has 0 radical (unpaired) electrons. The van der Waals surface area contributed by atoms with Crippen LogP contribution >= 0.6 is 0 Å². The average Bonchev–Trinajstić information content (AvgIpc) is 2.75. The number of ether oxygens (including phenoxy) is 1. The molecule has 74 valence electrons. The lowest BCUT2D eigenvalue weighted by Crippen LogP contribution is -2.20. The fourth-order valence-corrected chi connectivity index (χ4v) is 2.02. The molecule has 2 N–H and O–H groups in total. The van der Waals surface area contributed by atoms with Crippen LogP contribution in [0.5, 0.6) is 5.75 Å². The van der Waals surface area contributed by atoms with E-state index in [9.17, 15) is 4.39 Å². The van der Waals surface area contributed by atoms with E-state index in [1.807, 2.05) is 6.07 Å². The molecule has 1 fully saturated rings. The molecule has 0 spiro atoms. The van der Waals surface area contributed by atoms with Gasteiger partial charge in [0.2, 0.25) is 0 Å². The summed E-state index contributed by atoms with van der Waals surface area (Å²) in [5, 5.41) is 0. The average molecular weight is 193 g/mol. The Morgan fingerprint density at radius 2 is 2.14 bits per heavy atom. The Labute approximate surface area is 81.9 Å². The van der Waals surface area contributed by atoms with Crippen LogP contribution in [0, 0.1) is 5.82 Å². The summed E-state index contributed by atoms with van der Waals surface area (Å²) in [4.78, 5) is 0. The second-order valence-electron chi connectivity index (χ2n) is 4.16. The Kier molecular flexibility index (Phi) is 1.46. The molecule has 1 aliphatic carbocycles. The monoisotopic (exact) mass is 193 g/mol. The molecule has 0 aromatic heterocycles. The van der Waals surface area contributed by atoms with E-state index < -0.39 is 0 Å². The van der Waals surface area contributed by atoms with Gasteiger partial charge in [0.05, 0.1) is 6.61 Å². The number of hydrogen-bond donors (Lipinski definition) is 1. The van der Waals surface area contributed by atoms with Gasteiger partial charge in [-0.3, -0.25) is 0 Å². The molecule has 1 saturated carbocycles. The third-order valence-electron chi connectivity index (χ3n) is 3.13. The minimum Gasteiger partial charge on any atom is -0.493 e. The normalized spacial score (nSPS) is 21.6. The molecule has 14 heavy (non-hydrogen) atoms. The summed E-state index contributed by atoms with van der Waals surface area (Å²) < 4.78 is 19.2. The van der Waals surface area contributed by atoms with Gasteiger partial charge in [-0.25, -0.2) is 4.39 Å². The van der Waals surface area contributed by atoms with Crippen molar-refractivity contribution < 1.29 is 9.13 Å². The predicted molar refractivity (Wildman–Crippen MR) is 50.7 cm³/mol.